The quantitative estimate of drug-likeness (QED) is 0.333. The number of carbonyl (C=O) groups is 2. The minimum Gasteiger partial charge on any atom is -0.444 e. The second-order valence-electron chi connectivity index (χ2n) is 11.9. The smallest absolute Gasteiger partial charge is 0.410 e. The fourth-order valence-electron chi connectivity index (χ4n) is 5.57. The number of anilines is 2. The van der Waals surface area contributed by atoms with Crippen molar-refractivity contribution in [3.63, 3.8) is 0 Å². The lowest BCUT2D eigenvalue weighted by molar-refractivity contribution is -0.118. The Kier molecular flexibility index (Phi) is 7.13. The number of nitrogens with zero attached hydrogens (tertiary/aromatic N) is 8. The van der Waals surface area contributed by atoms with Crippen LogP contribution in [0.1, 0.15) is 46.1 Å². The second kappa shape index (κ2) is 10.8. The van der Waals surface area contributed by atoms with Crippen LogP contribution in [0, 0.1) is 11.3 Å². The van der Waals surface area contributed by atoms with Crippen LogP contribution in [-0.2, 0) is 9.53 Å². The van der Waals surface area contributed by atoms with Gasteiger partial charge in [-0.3, -0.25) is 14.7 Å². The Labute approximate surface area is 252 Å². The molecular weight excluding hydrogens is 568 g/mol. The molecule has 0 saturated carbocycles. The molecule has 14 heteroatoms. The summed E-state index contributed by atoms with van der Waals surface area (Å²) >= 11 is 1.43. The molecule has 2 unspecified atom stereocenters. The van der Waals surface area contributed by atoms with Crippen LogP contribution >= 0.6 is 11.3 Å². The van der Waals surface area contributed by atoms with Crippen molar-refractivity contribution >= 4 is 39.7 Å². The van der Waals surface area contributed by atoms with Crippen molar-refractivity contribution in [1.82, 2.24) is 29.7 Å². The first-order valence-electron chi connectivity index (χ1n) is 14.0. The van der Waals surface area contributed by atoms with Gasteiger partial charge in [0.1, 0.15) is 17.7 Å². The van der Waals surface area contributed by atoms with Gasteiger partial charge in [-0.05, 0) is 64.8 Å². The Hall–Kier alpha value is -4.77. The molecule has 6 rings (SSSR count). The minimum atomic E-state index is -0.654. The molecule has 0 spiro atoms. The average Bonchev–Trinajstić information content (AvgIpc) is 3.68. The molecule has 2 bridgehead atoms. The number of aromatic nitrogens is 5. The highest BCUT2D eigenvalue weighted by molar-refractivity contribution is 7.18. The Morgan fingerprint density at radius 2 is 1.91 bits per heavy atom. The number of rotatable bonds is 6. The predicted octanol–water partition coefficient (Wildman–Crippen LogP) is 3.66. The molecule has 2 saturated heterocycles. The van der Waals surface area contributed by atoms with Gasteiger partial charge in [0.05, 0.1) is 46.3 Å². The number of amides is 2. The van der Waals surface area contributed by atoms with Crippen LogP contribution in [0.3, 0.4) is 0 Å². The van der Waals surface area contributed by atoms with E-state index >= 15 is 0 Å². The van der Waals surface area contributed by atoms with Crippen molar-refractivity contribution in [2.75, 3.05) is 23.3 Å². The lowest BCUT2D eigenvalue weighted by Gasteiger charge is -2.41. The molecule has 6 heterocycles. The van der Waals surface area contributed by atoms with Gasteiger partial charge in [-0.2, -0.15) is 10.4 Å². The summed E-state index contributed by atoms with van der Waals surface area (Å²) in [6.45, 7) is 8.62. The lowest BCUT2D eigenvalue weighted by Crippen LogP contribution is -2.56. The van der Waals surface area contributed by atoms with Crippen LogP contribution in [0.15, 0.2) is 36.7 Å². The number of nitrogens with one attached hydrogen (secondary N) is 1. The van der Waals surface area contributed by atoms with Crippen LogP contribution < -0.4 is 16.0 Å². The number of fused-ring (bicyclic) bond motifs is 3. The number of nitrogens with two attached hydrogens (primary N) is 1. The first-order valence-corrected chi connectivity index (χ1v) is 14.9. The first kappa shape index (κ1) is 28.4. The van der Waals surface area contributed by atoms with E-state index in [-0.39, 0.29) is 18.2 Å². The molecule has 4 aromatic heterocycles. The van der Waals surface area contributed by atoms with Gasteiger partial charge < -0.3 is 20.7 Å². The van der Waals surface area contributed by atoms with Crippen molar-refractivity contribution in [3.05, 3.63) is 42.2 Å². The summed E-state index contributed by atoms with van der Waals surface area (Å²) in [5.41, 5.74) is 8.89. The van der Waals surface area contributed by atoms with Gasteiger partial charge in [-0.1, -0.05) is 11.3 Å². The summed E-state index contributed by atoms with van der Waals surface area (Å²) in [5.74, 6) is -0.501. The van der Waals surface area contributed by atoms with E-state index in [2.05, 4.69) is 31.6 Å². The zero-order chi connectivity index (χ0) is 30.5. The van der Waals surface area contributed by atoms with Crippen molar-refractivity contribution < 1.29 is 14.3 Å². The summed E-state index contributed by atoms with van der Waals surface area (Å²) in [6.07, 6.45) is 4.76. The first-order chi connectivity index (χ1) is 20.5. The number of ether oxygens (including phenoxy) is 1. The Morgan fingerprint density at radius 3 is 2.58 bits per heavy atom. The summed E-state index contributed by atoms with van der Waals surface area (Å²) < 4.78 is 7.38. The number of nitriles is 1. The van der Waals surface area contributed by atoms with Gasteiger partial charge in [-0.25, -0.2) is 9.31 Å². The summed E-state index contributed by atoms with van der Waals surface area (Å²) in [7, 11) is 0. The highest BCUT2D eigenvalue weighted by Gasteiger charge is 2.45. The van der Waals surface area contributed by atoms with E-state index in [9.17, 15) is 14.9 Å². The SMILES string of the molecule is C[C@H](Nc1cc(-c2ccc3cc(C#N)cnn23)ncc1-c1nnc(N2CC3CCC(C2)N3C(=O)OC(C)(C)C)s1)C(N)=O. The van der Waals surface area contributed by atoms with Crippen molar-refractivity contribution in [2.45, 2.75) is 64.3 Å². The van der Waals surface area contributed by atoms with Gasteiger partial charge in [0.15, 0.2) is 5.01 Å². The normalized spacial score (nSPS) is 18.9. The Balaban J connectivity index is 1.28. The van der Waals surface area contributed by atoms with E-state index in [1.807, 2.05) is 43.9 Å². The van der Waals surface area contributed by atoms with Crippen LogP contribution in [0.4, 0.5) is 15.6 Å². The number of hydrogen-bond donors (Lipinski definition) is 2. The van der Waals surface area contributed by atoms with Crippen molar-refractivity contribution in [2.24, 2.45) is 5.73 Å². The molecule has 0 radical (unpaired) electrons. The van der Waals surface area contributed by atoms with Crippen LogP contribution in [-0.4, -0.2) is 78.5 Å². The molecule has 0 aliphatic carbocycles. The molecule has 222 valence electrons. The van der Waals surface area contributed by atoms with Gasteiger partial charge in [-0.15, -0.1) is 10.2 Å². The second-order valence-corrected chi connectivity index (χ2v) is 12.8. The summed E-state index contributed by atoms with van der Waals surface area (Å²) in [5, 5.41) is 27.2. The summed E-state index contributed by atoms with van der Waals surface area (Å²) in [4.78, 5) is 33.6. The van der Waals surface area contributed by atoms with E-state index in [0.717, 1.165) is 29.2 Å². The maximum absolute atomic E-state index is 12.9. The van der Waals surface area contributed by atoms with E-state index < -0.39 is 17.6 Å². The standard InChI is InChI=1S/C29H32N10O3S/c1-16(25(31)40)34-22-10-23(24-8-7-18-9-17(11-30)12-33-39(18)24)32-13-21(22)26-35-36-27(43-26)37-14-19-5-6-20(15-37)38(19)28(41)42-29(2,3)4/h7-10,12-13,16,19-20H,5-6,14-15H2,1-4H3,(H2,31,40)(H,32,34)/t16-,19?,20?/m0/s1. The fraction of sp³-hybridized carbons (Fsp3) is 0.414. The molecule has 3 N–H and O–H groups in total. The van der Waals surface area contributed by atoms with E-state index in [0.29, 0.717) is 40.6 Å². The van der Waals surface area contributed by atoms with Crippen molar-refractivity contribution in [1.29, 1.82) is 5.26 Å². The van der Waals surface area contributed by atoms with Gasteiger partial charge in [0.25, 0.3) is 0 Å². The molecular formula is C29H32N10O3S. The van der Waals surface area contributed by atoms with E-state index in [1.54, 1.807) is 23.7 Å². The van der Waals surface area contributed by atoms with Gasteiger partial charge in [0, 0.05) is 25.0 Å². The molecule has 2 amide bonds. The maximum atomic E-state index is 12.9. The average molecular weight is 601 g/mol. The van der Waals surface area contributed by atoms with E-state index in [1.165, 1.54) is 17.5 Å². The monoisotopic (exact) mass is 600 g/mol. The number of hydrogen-bond acceptors (Lipinski definition) is 11. The minimum absolute atomic E-state index is 0.0465. The zero-order valence-electron chi connectivity index (χ0n) is 24.3. The molecule has 2 aliphatic rings. The predicted molar refractivity (Wildman–Crippen MR) is 161 cm³/mol. The molecule has 2 aliphatic heterocycles. The molecule has 2 fully saturated rings. The van der Waals surface area contributed by atoms with Crippen molar-refractivity contribution in [3.8, 4) is 28.0 Å². The summed E-state index contributed by atoms with van der Waals surface area (Å²) in [6, 6.07) is 8.86. The Bertz CT molecular complexity index is 1740. The van der Waals surface area contributed by atoms with Crippen LogP contribution in [0.2, 0.25) is 0 Å². The third kappa shape index (κ3) is 5.55. The van der Waals surface area contributed by atoms with Crippen LogP contribution in [0.25, 0.3) is 27.5 Å². The molecule has 13 nitrogen and oxygen atoms in total. The molecule has 4 aromatic rings. The lowest BCUT2D eigenvalue weighted by atomic mass is 10.1. The third-order valence-electron chi connectivity index (χ3n) is 7.60. The highest BCUT2D eigenvalue weighted by atomic mass is 32.1. The highest BCUT2D eigenvalue weighted by Crippen LogP contribution is 2.39. The van der Waals surface area contributed by atoms with Gasteiger partial charge in [0.2, 0.25) is 11.0 Å². The fourth-order valence-corrected chi connectivity index (χ4v) is 6.45. The number of carbonyl (C=O) groups excluding carboxylic acids is 2. The topological polar surface area (TPSA) is 168 Å². The van der Waals surface area contributed by atoms with Crippen LogP contribution in [0.5, 0.6) is 0 Å². The number of piperazine rings is 1. The number of primary amides is 1. The third-order valence-corrected chi connectivity index (χ3v) is 8.61. The largest absolute Gasteiger partial charge is 0.444 e. The zero-order valence-corrected chi connectivity index (χ0v) is 25.1. The molecule has 0 aromatic carbocycles. The molecule has 43 heavy (non-hydrogen) atoms. The van der Waals surface area contributed by atoms with E-state index in [4.69, 9.17) is 15.5 Å². The number of pyridine rings is 1. The van der Waals surface area contributed by atoms with Gasteiger partial charge >= 0.3 is 6.09 Å². The molecule has 3 atom stereocenters. The maximum Gasteiger partial charge on any atom is 0.410 e. The Morgan fingerprint density at radius 1 is 1.16 bits per heavy atom.